The Morgan fingerprint density at radius 3 is 2.33 bits per heavy atom. The van der Waals surface area contributed by atoms with Gasteiger partial charge in [0.2, 0.25) is 10.0 Å². The number of rotatable bonds is 4. The van der Waals surface area contributed by atoms with Crippen LogP contribution in [0.15, 0.2) is 48.5 Å². The van der Waals surface area contributed by atoms with E-state index < -0.39 is 10.0 Å². The molecule has 3 rings (SSSR count). The number of hydrogen-bond donors (Lipinski definition) is 2. The summed E-state index contributed by atoms with van der Waals surface area (Å²) in [5, 5.41) is 2.83. The Bertz CT molecular complexity index is 899. The standard InChI is InChI=1S/C19H22FN3O3S/c1-27(25,26)22-18-10-8-17(9-11-18)21-19(24)23-12-2-3-15(13-23)14-4-6-16(20)7-5-14/h4-11,15,22H,2-3,12-13H2,1H3,(H,21,24). The molecule has 0 aliphatic carbocycles. The van der Waals surface area contributed by atoms with E-state index in [2.05, 4.69) is 10.0 Å². The minimum atomic E-state index is -3.33. The third-order valence-electron chi connectivity index (χ3n) is 4.49. The van der Waals surface area contributed by atoms with E-state index in [1.54, 1.807) is 41.3 Å². The Balaban J connectivity index is 1.61. The van der Waals surface area contributed by atoms with Gasteiger partial charge in [0.25, 0.3) is 0 Å². The van der Waals surface area contributed by atoms with E-state index in [1.807, 2.05) is 0 Å². The molecule has 1 aliphatic rings. The summed E-state index contributed by atoms with van der Waals surface area (Å²) in [6.45, 7) is 1.24. The number of carbonyl (C=O) groups excluding carboxylic acids is 1. The van der Waals surface area contributed by atoms with Crippen molar-refractivity contribution in [1.29, 1.82) is 0 Å². The molecule has 1 atom stereocenters. The normalized spacial score (nSPS) is 17.4. The molecule has 2 aromatic carbocycles. The van der Waals surface area contributed by atoms with Crippen molar-refractivity contribution in [3.63, 3.8) is 0 Å². The second kappa shape index (κ2) is 7.96. The lowest BCUT2D eigenvalue weighted by molar-refractivity contribution is 0.193. The molecule has 1 saturated heterocycles. The Morgan fingerprint density at radius 2 is 1.70 bits per heavy atom. The molecule has 0 saturated carbocycles. The Hall–Kier alpha value is -2.61. The fourth-order valence-corrected chi connectivity index (χ4v) is 3.77. The average Bonchev–Trinajstić information content (AvgIpc) is 2.63. The lowest BCUT2D eigenvalue weighted by Crippen LogP contribution is -2.41. The van der Waals surface area contributed by atoms with Crippen LogP contribution >= 0.6 is 0 Å². The molecule has 0 spiro atoms. The predicted octanol–water partition coefficient (Wildman–Crippen LogP) is 3.61. The smallest absolute Gasteiger partial charge is 0.321 e. The van der Waals surface area contributed by atoms with Crippen molar-refractivity contribution in [3.05, 3.63) is 59.9 Å². The molecule has 1 heterocycles. The number of urea groups is 1. The van der Waals surface area contributed by atoms with Crippen LogP contribution in [0.3, 0.4) is 0 Å². The van der Waals surface area contributed by atoms with Crippen LogP contribution in [0.5, 0.6) is 0 Å². The molecule has 0 radical (unpaired) electrons. The number of carbonyl (C=O) groups is 1. The van der Waals surface area contributed by atoms with Gasteiger partial charge in [0, 0.05) is 30.4 Å². The van der Waals surface area contributed by atoms with Gasteiger partial charge in [-0.3, -0.25) is 4.72 Å². The fraction of sp³-hybridized carbons (Fsp3) is 0.316. The van der Waals surface area contributed by atoms with Crippen LogP contribution in [-0.4, -0.2) is 38.7 Å². The van der Waals surface area contributed by atoms with Crippen molar-refractivity contribution in [1.82, 2.24) is 4.90 Å². The van der Waals surface area contributed by atoms with Gasteiger partial charge < -0.3 is 10.2 Å². The minimum absolute atomic E-state index is 0.187. The van der Waals surface area contributed by atoms with Gasteiger partial charge in [-0.25, -0.2) is 17.6 Å². The van der Waals surface area contributed by atoms with E-state index >= 15 is 0 Å². The van der Waals surface area contributed by atoms with Gasteiger partial charge in [-0.05, 0) is 54.8 Å². The monoisotopic (exact) mass is 391 g/mol. The highest BCUT2D eigenvalue weighted by atomic mass is 32.2. The number of sulfonamides is 1. The van der Waals surface area contributed by atoms with Crippen LogP contribution in [0, 0.1) is 5.82 Å². The minimum Gasteiger partial charge on any atom is -0.324 e. The summed E-state index contributed by atoms with van der Waals surface area (Å²) in [7, 11) is -3.33. The maximum atomic E-state index is 13.1. The molecule has 0 aromatic heterocycles. The number of piperidine rings is 1. The first-order valence-corrected chi connectivity index (χ1v) is 10.6. The van der Waals surface area contributed by atoms with Gasteiger partial charge in [-0.1, -0.05) is 12.1 Å². The molecular formula is C19H22FN3O3S. The van der Waals surface area contributed by atoms with Gasteiger partial charge in [-0.2, -0.15) is 0 Å². The number of likely N-dealkylation sites (tertiary alicyclic amines) is 1. The summed E-state index contributed by atoms with van der Waals surface area (Å²) in [5.74, 6) is -0.0793. The van der Waals surface area contributed by atoms with Crippen molar-refractivity contribution < 1.29 is 17.6 Å². The molecule has 2 N–H and O–H groups in total. The third-order valence-corrected chi connectivity index (χ3v) is 5.10. The highest BCUT2D eigenvalue weighted by molar-refractivity contribution is 7.92. The lowest BCUT2D eigenvalue weighted by atomic mass is 9.91. The first-order chi connectivity index (χ1) is 12.8. The summed E-state index contributed by atoms with van der Waals surface area (Å²) in [4.78, 5) is 14.3. The summed E-state index contributed by atoms with van der Waals surface area (Å²) in [5.41, 5.74) is 2.05. The first kappa shape index (κ1) is 19.2. The quantitative estimate of drug-likeness (QED) is 0.836. The van der Waals surface area contributed by atoms with Crippen molar-refractivity contribution >= 4 is 27.4 Å². The molecule has 8 heteroatoms. The second-order valence-electron chi connectivity index (χ2n) is 6.72. The summed E-state index contributed by atoms with van der Waals surface area (Å²) in [6.07, 6.45) is 2.92. The molecule has 0 bridgehead atoms. The van der Waals surface area contributed by atoms with Crippen molar-refractivity contribution in [2.75, 3.05) is 29.4 Å². The number of nitrogens with zero attached hydrogens (tertiary/aromatic N) is 1. The molecule has 2 amide bonds. The van der Waals surface area contributed by atoms with Crippen LogP contribution in [0.25, 0.3) is 0 Å². The number of hydrogen-bond acceptors (Lipinski definition) is 3. The molecule has 1 fully saturated rings. The van der Waals surface area contributed by atoms with Gasteiger partial charge in [0.05, 0.1) is 6.26 Å². The maximum Gasteiger partial charge on any atom is 0.321 e. The van der Waals surface area contributed by atoms with E-state index in [0.29, 0.717) is 24.5 Å². The largest absolute Gasteiger partial charge is 0.324 e. The third kappa shape index (κ3) is 5.43. The lowest BCUT2D eigenvalue weighted by Gasteiger charge is -2.33. The van der Waals surface area contributed by atoms with E-state index in [9.17, 15) is 17.6 Å². The predicted molar refractivity (Wildman–Crippen MR) is 104 cm³/mol. The van der Waals surface area contributed by atoms with Crippen LogP contribution < -0.4 is 10.0 Å². The molecule has 1 unspecified atom stereocenters. The van der Waals surface area contributed by atoms with Gasteiger partial charge >= 0.3 is 6.03 Å². The average molecular weight is 391 g/mol. The summed E-state index contributed by atoms with van der Waals surface area (Å²) in [6, 6.07) is 12.7. The Labute approximate surface area is 158 Å². The number of halogens is 1. The van der Waals surface area contributed by atoms with Crippen molar-refractivity contribution in [2.45, 2.75) is 18.8 Å². The second-order valence-corrected chi connectivity index (χ2v) is 8.47. The number of benzene rings is 2. The Kier molecular flexibility index (Phi) is 5.65. The maximum absolute atomic E-state index is 13.1. The first-order valence-electron chi connectivity index (χ1n) is 8.69. The highest BCUT2D eigenvalue weighted by Crippen LogP contribution is 2.27. The van der Waals surface area contributed by atoms with E-state index in [0.717, 1.165) is 24.7 Å². The zero-order valence-corrected chi connectivity index (χ0v) is 15.8. The van der Waals surface area contributed by atoms with Crippen LogP contribution in [0.2, 0.25) is 0 Å². The fourth-order valence-electron chi connectivity index (χ4n) is 3.21. The van der Waals surface area contributed by atoms with Gasteiger partial charge in [0.1, 0.15) is 5.82 Å². The number of amides is 2. The topological polar surface area (TPSA) is 78.5 Å². The molecule has 2 aromatic rings. The van der Waals surface area contributed by atoms with Crippen LogP contribution in [0.4, 0.5) is 20.6 Å². The van der Waals surface area contributed by atoms with E-state index in [1.165, 1.54) is 12.1 Å². The molecule has 1 aliphatic heterocycles. The van der Waals surface area contributed by atoms with Gasteiger partial charge in [0.15, 0.2) is 0 Å². The Morgan fingerprint density at radius 1 is 1.07 bits per heavy atom. The summed E-state index contributed by atoms with van der Waals surface area (Å²) >= 11 is 0. The van der Waals surface area contributed by atoms with Gasteiger partial charge in [-0.15, -0.1) is 0 Å². The number of anilines is 2. The van der Waals surface area contributed by atoms with Crippen LogP contribution in [-0.2, 0) is 10.0 Å². The molecule has 6 nitrogen and oxygen atoms in total. The van der Waals surface area contributed by atoms with E-state index in [4.69, 9.17) is 0 Å². The zero-order chi connectivity index (χ0) is 19.4. The molecule has 144 valence electrons. The number of nitrogens with one attached hydrogen (secondary N) is 2. The zero-order valence-electron chi connectivity index (χ0n) is 15.0. The summed E-state index contributed by atoms with van der Waals surface area (Å²) < 4.78 is 37.9. The van der Waals surface area contributed by atoms with E-state index in [-0.39, 0.29) is 17.8 Å². The van der Waals surface area contributed by atoms with Crippen molar-refractivity contribution in [2.24, 2.45) is 0 Å². The van der Waals surface area contributed by atoms with Crippen molar-refractivity contribution in [3.8, 4) is 0 Å². The SMILES string of the molecule is CS(=O)(=O)Nc1ccc(NC(=O)N2CCCC(c3ccc(F)cc3)C2)cc1. The van der Waals surface area contributed by atoms with Crippen LogP contribution in [0.1, 0.15) is 24.3 Å². The molecule has 27 heavy (non-hydrogen) atoms. The molecular weight excluding hydrogens is 369 g/mol. The highest BCUT2D eigenvalue weighted by Gasteiger charge is 2.24.